The van der Waals surface area contributed by atoms with Gasteiger partial charge in [-0.1, -0.05) is 36.4 Å². The molecule has 1 N–H and O–H groups in total. The van der Waals surface area contributed by atoms with E-state index in [1.54, 1.807) is 12.4 Å². The molecule has 0 aliphatic carbocycles. The highest BCUT2D eigenvalue weighted by molar-refractivity contribution is 7.52. The van der Waals surface area contributed by atoms with Crippen LogP contribution >= 0.6 is 7.60 Å². The first-order valence-electron chi connectivity index (χ1n) is 7.05. The van der Waals surface area contributed by atoms with E-state index in [4.69, 9.17) is 4.52 Å². The molecule has 0 amide bonds. The highest BCUT2D eigenvalue weighted by Crippen LogP contribution is 2.42. The van der Waals surface area contributed by atoms with Crippen LogP contribution in [0, 0.1) is 0 Å². The van der Waals surface area contributed by atoms with Crippen molar-refractivity contribution in [1.82, 2.24) is 4.98 Å². The first kappa shape index (κ1) is 15.9. The predicted octanol–water partition coefficient (Wildman–Crippen LogP) is 3.46. The van der Waals surface area contributed by atoms with E-state index >= 15 is 0 Å². The number of hydrogen-bond acceptors (Lipinski definition) is 3. The quantitative estimate of drug-likeness (QED) is 0.759. The van der Waals surface area contributed by atoms with Gasteiger partial charge in [0.25, 0.3) is 0 Å². The summed E-state index contributed by atoms with van der Waals surface area (Å²) in [5.74, 6) is 0. The zero-order chi connectivity index (χ0) is 15.0. The third kappa shape index (κ3) is 6.21. The van der Waals surface area contributed by atoms with Crippen LogP contribution in [0.1, 0.15) is 17.5 Å². The van der Waals surface area contributed by atoms with Crippen LogP contribution in [-0.2, 0) is 21.9 Å². The Morgan fingerprint density at radius 3 is 2.52 bits per heavy atom. The molecule has 0 aliphatic heterocycles. The number of benzene rings is 1. The van der Waals surface area contributed by atoms with Crippen molar-refractivity contribution < 1.29 is 14.0 Å². The maximum absolute atomic E-state index is 11.9. The second-order valence-corrected chi connectivity index (χ2v) is 6.88. The van der Waals surface area contributed by atoms with Crippen LogP contribution in [0.25, 0.3) is 0 Å². The standard InChI is InChI=1S/C16H20NO3P/c18-21(19,13-5-9-15-6-2-1-3-7-15)20-12-10-16-8-4-11-17-14-16/h1-4,6-8,11,14H,5,9-10,12-13H2,(H,18,19). The number of rotatable bonds is 8. The smallest absolute Gasteiger partial charge is 0.324 e. The van der Waals surface area contributed by atoms with Gasteiger partial charge in [-0.15, -0.1) is 0 Å². The molecular weight excluding hydrogens is 285 g/mol. The van der Waals surface area contributed by atoms with E-state index in [2.05, 4.69) is 4.98 Å². The fourth-order valence-corrected chi connectivity index (χ4v) is 3.11. The largest absolute Gasteiger partial charge is 0.328 e. The average molecular weight is 305 g/mol. The number of aromatic nitrogens is 1. The van der Waals surface area contributed by atoms with E-state index in [1.807, 2.05) is 42.5 Å². The Kier molecular flexibility index (Phi) is 6.12. The monoisotopic (exact) mass is 305 g/mol. The molecule has 1 aromatic carbocycles. The van der Waals surface area contributed by atoms with Gasteiger partial charge in [-0.3, -0.25) is 9.55 Å². The topological polar surface area (TPSA) is 59.4 Å². The molecule has 2 rings (SSSR count). The van der Waals surface area contributed by atoms with Gasteiger partial charge in [0.2, 0.25) is 0 Å². The van der Waals surface area contributed by atoms with Gasteiger partial charge in [-0.05, 0) is 36.5 Å². The Balaban J connectivity index is 1.68. The fourth-order valence-electron chi connectivity index (χ4n) is 2.04. The highest BCUT2D eigenvalue weighted by atomic mass is 31.2. The van der Waals surface area contributed by atoms with Crippen molar-refractivity contribution in [1.29, 1.82) is 0 Å². The van der Waals surface area contributed by atoms with Crippen molar-refractivity contribution >= 4 is 7.60 Å². The summed E-state index contributed by atoms with van der Waals surface area (Å²) < 4.78 is 17.1. The van der Waals surface area contributed by atoms with Crippen LogP contribution in [-0.4, -0.2) is 22.6 Å². The minimum Gasteiger partial charge on any atom is -0.324 e. The van der Waals surface area contributed by atoms with Crippen molar-refractivity contribution in [3.05, 3.63) is 66.0 Å². The van der Waals surface area contributed by atoms with Gasteiger partial charge < -0.3 is 9.42 Å². The van der Waals surface area contributed by atoms with Crippen molar-refractivity contribution in [2.45, 2.75) is 19.3 Å². The fraction of sp³-hybridized carbons (Fsp3) is 0.312. The van der Waals surface area contributed by atoms with E-state index in [0.29, 0.717) is 12.8 Å². The van der Waals surface area contributed by atoms with Crippen LogP contribution < -0.4 is 0 Å². The molecule has 1 atom stereocenters. The van der Waals surface area contributed by atoms with Gasteiger partial charge in [-0.25, -0.2) is 0 Å². The van der Waals surface area contributed by atoms with E-state index in [9.17, 15) is 9.46 Å². The van der Waals surface area contributed by atoms with E-state index in [-0.39, 0.29) is 12.8 Å². The lowest BCUT2D eigenvalue weighted by atomic mass is 10.1. The highest BCUT2D eigenvalue weighted by Gasteiger charge is 2.18. The van der Waals surface area contributed by atoms with E-state index in [0.717, 1.165) is 12.0 Å². The maximum atomic E-state index is 11.9. The predicted molar refractivity (Wildman–Crippen MR) is 83.3 cm³/mol. The molecule has 0 spiro atoms. The van der Waals surface area contributed by atoms with Crippen LogP contribution in [0.3, 0.4) is 0 Å². The summed E-state index contributed by atoms with van der Waals surface area (Å²) in [7, 11) is -3.49. The van der Waals surface area contributed by atoms with E-state index in [1.165, 1.54) is 5.56 Å². The molecule has 1 unspecified atom stereocenters. The Morgan fingerprint density at radius 1 is 1.05 bits per heavy atom. The first-order chi connectivity index (χ1) is 10.2. The lowest BCUT2D eigenvalue weighted by Gasteiger charge is -2.12. The zero-order valence-electron chi connectivity index (χ0n) is 11.9. The molecule has 0 aliphatic rings. The minimum absolute atomic E-state index is 0.189. The van der Waals surface area contributed by atoms with Crippen molar-refractivity contribution in [3.63, 3.8) is 0 Å². The second kappa shape index (κ2) is 8.08. The van der Waals surface area contributed by atoms with Crippen LogP contribution in [0.5, 0.6) is 0 Å². The molecule has 0 radical (unpaired) electrons. The molecule has 4 nitrogen and oxygen atoms in total. The van der Waals surface area contributed by atoms with Gasteiger partial charge >= 0.3 is 7.60 Å². The van der Waals surface area contributed by atoms with Crippen molar-refractivity contribution in [3.8, 4) is 0 Å². The summed E-state index contributed by atoms with van der Waals surface area (Å²) in [6.45, 7) is 0.241. The minimum atomic E-state index is -3.49. The molecule has 21 heavy (non-hydrogen) atoms. The number of nitrogens with zero attached hydrogens (tertiary/aromatic N) is 1. The molecule has 1 heterocycles. The Labute approximate surface area is 125 Å². The Bertz CT molecular complexity index is 525. The molecule has 1 aromatic heterocycles. The molecular formula is C16H20NO3P. The van der Waals surface area contributed by atoms with Gasteiger partial charge in [0.1, 0.15) is 0 Å². The number of pyridine rings is 1. The Hall–Kier alpha value is -1.48. The molecule has 0 saturated carbocycles. The number of hydrogen-bond donors (Lipinski definition) is 1. The van der Waals surface area contributed by atoms with E-state index < -0.39 is 7.60 Å². The zero-order valence-corrected chi connectivity index (χ0v) is 12.8. The summed E-state index contributed by atoms with van der Waals surface area (Å²) in [4.78, 5) is 13.8. The molecule has 112 valence electrons. The van der Waals surface area contributed by atoms with Gasteiger partial charge in [0.15, 0.2) is 0 Å². The molecule has 5 heteroatoms. The first-order valence-corrected chi connectivity index (χ1v) is 8.81. The molecule has 0 saturated heterocycles. The van der Waals surface area contributed by atoms with Gasteiger partial charge in [0, 0.05) is 12.4 Å². The third-order valence-electron chi connectivity index (χ3n) is 3.16. The summed E-state index contributed by atoms with van der Waals surface area (Å²) in [6.07, 6.45) is 5.65. The summed E-state index contributed by atoms with van der Waals surface area (Å²) >= 11 is 0. The summed E-state index contributed by atoms with van der Waals surface area (Å²) in [6, 6.07) is 13.7. The van der Waals surface area contributed by atoms with Crippen molar-refractivity contribution in [2.75, 3.05) is 12.8 Å². The molecule has 2 aromatic rings. The SMILES string of the molecule is O=P(O)(CCCc1ccccc1)OCCc1cccnc1. The number of aryl methyl sites for hydroxylation is 1. The molecule has 0 fully saturated rings. The average Bonchev–Trinajstić information content (AvgIpc) is 2.49. The van der Waals surface area contributed by atoms with Crippen LogP contribution in [0.4, 0.5) is 0 Å². The van der Waals surface area contributed by atoms with Crippen molar-refractivity contribution in [2.24, 2.45) is 0 Å². The summed E-state index contributed by atoms with van der Waals surface area (Å²) in [5, 5.41) is 0. The maximum Gasteiger partial charge on any atom is 0.328 e. The van der Waals surface area contributed by atoms with Gasteiger partial charge in [0.05, 0.1) is 12.8 Å². The second-order valence-electron chi connectivity index (χ2n) is 4.89. The lowest BCUT2D eigenvalue weighted by Crippen LogP contribution is -2.01. The third-order valence-corrected chi connectivity index (χ3v) is 4.62. The molecule has 0 bridgehead atoms. The van der Waals surface area contributed by atoms with Crippen LogP contribution in [0.15, 0.2) is 54.9 Å². The van der Waals surface area contributed by atoms with Gasteiger partial charge in [-0.2, -0.15) is 0 Å². The normalized spacial score (nSPS) is 13.8. The van der Waals surface area contributed by atoms with Crippen LogP contribution in [0.2, 0.25) is 0 Å². The Morgan fingerprint density at radius 2 is 1.81 bits per heavy atom. The summed E-state index contributed by atoms with van der Waals surface area (Å²) in [5.41, 5.74) is 2.18. The lowest BCUT2D eigenvalue weighted by molar-refractivity contribution is 0.262.